The van der Waals surface area contributed by atoms with Crippen molar-refractivity contribution in [3.8, 4) is 0 Å². The first kappa shape index (κ1) is 17.0. The van der Waals surface area contributed by atoms with Gasteiger partial charge in [0.1, 0.15) is 0 Å². The predicted octanol–water partition coefficient (Wildman–Crippen LogP) is 4.53. The number of methoxy groups -OCH3 is 1. The van der Waals surface area contributed by atoms with Crippen molar-refractivity contribution in [3.63, 3.8) is 0 Å². The second kappa shape index (κ2) is 8.97. The van der Waals surface area contributed by atoms with Crippen LogP contribution in [-0.2, 0) is 4.74 Å². The van der Waals surface area contributed by atoms with Crippen LogP contribution >= 0.6 is 0 Å². The fraction of sp³-hybridized carbons (Fsp3) is 1.00. The Bertz CT molecular complexity index is 221. The molecular formula is C17H35NO. The molecule has 1 atom stereocenters. The van der Waals surface area contributed by atoms with Gasteiger partial charge in [-0.25, -0.2) is 0 Å². The van der Waals surface area contributed by atoms with Crippen molar-refractivity contribution >= 4 is 0 Å². The molecule has 0 aromatic carbocycles. The van der Waals surface area contributed by atoms with Gasteiger partial charge in [0.15, 0.2) is 0 Å². The zero-order chi connectivity index (χ0) is 14.1. The van der Waals surface area contributed by atoms with E-state index in [1.807, 2.05) is 7.11 Å². The van der Waals surface area contributed by atoms with Gasteiger partial charge in [0.05, 0.1) is 5.60 Å². The van der Waals surface area contributed by atoms with Crippen LogP contribution in [0.1, 0.15) is 78.6 Å². The third-order valence-corrected chi connectivity index (χ3v) is 4.66. The van der Waals surface area contributed by atoms with Crippen LogP contribution < -0.4 is 5.32 Å². The lowest BCUT2D eigenvalue weighted by molar-refractivity contribution is -0.0698. The van der Waals surface area contributed by atoms with Crippen LogP contribution in [0.25, 0.3) is 0 Å². The van der Waals surface area contributed by atoms with Gasteiger partial charge in [-0.1, -0.05) is 52.9 Å². The minimum atomic E-state index is 0.115. The summed E-state index contributed by atoms with van der Waals surface area (Å²) in [5.74, 6) is 0.816. The molecule has 1 unspecified atom stereocenters. The average molecular weight is 269 g/mol. The zero-order valence-corrected chi connectivity index (χ0v) is 13.6. The van der Waals surface area contributed by atoms with E-state index in [0.29, 0.717) is 6.04 Å². The highest BCUT2D eigenvalue weighted by molar-refractivity contribution is 4.95. The topological polar surface area (TPSA) is 21.3 Å². The molecule has 0 aromatic heterocycles. The third kappa shape index (κ3) is 5.43. The lowest BCUT2D eigenvalue weighted by atomic mass is 9.77. The molecule has 2 heteroatoms. The highest BCUT2D eigenvalue weighted by Gasteiger charge is 2.39. The standard InChI is InChI=1S/C17H35NO/c1-5-14-18-16(11-9-10-15(2)3)17(19-4)12-7-6-8-13-17/h15-16,18H,5-14H2,1-4H3. The molecule has 2 nitrogen and oxygen atoms in total. The van der Waals surface area contributed by atoms with Crippen molar-refractivity contribution in [2.75, 3.05) is 13.7 Å². The summed E-state index contributed by atoms with van der Waals surface area (Å²) in [5, 5.41) is 3.78. The molecular weight excluding hydrogens is 234 g/mol. The van der Waals surface area contributed by atoms with Crippen molar-refractivity contribution in [2.45, 2.75) is 90.2 Å². The Labute approximate surface area is 120 Å². The molecule has 1 fully saturated rings. The Kier molecular flexibility index (Phi) is 8.01. The van der Waals surface area contributed by atoms with Gasteiger partial charge in [-0.2, -0.15) is 0 Å². The van der Waals surface area contributed by atoms with Gasteiger partial charge >= 0.3 is 0 Å². The minimum Gasteiger partial charge on any atom is -0.377 e. The van der Waals surface area contributed by atoms with Crippen LogP contribution in [0.3, 0.4) is 0 Å². The fourth-order valence-corrected chi connectivity index (χ4v) is 3.44. The van der Waals surface area contributed by atoms with Crippen LogP contribution in [0.15, 0.2) is 0 Å². The Hall–Kier alpha value is -0.0800. The molecule has 0 heterocycles. The summed E-state index contributed by atoms with van der Waals surface area (Å²) in [6, 6.07) is 0.552. The van der Waals surface area contributed by atoms with Gasteiger partial charge in [-0.05, 0) is 38.1 Å². The molecule has 0 saturated heterocycles. The van der Waals surface area contributed by atoms with Gasteiger partial charge < -0.3 is 10.1 Å². The second-order valence-electron chi connectivity index (χ2n) is 6.66. The van der Waals surface area contributed by atoms with E-state index in [1.165, 1.54) is 57.8 Å². The Morgan fingerprint density at radius 2 is 1.79 bits per heavy atom. The van der Waals surface area contributed by atoms with Gasteiger partial charge in [0.25, 0.3) is 0 Å². The molecule has 0 amide bonds. The van der Waals surface area contributed by atoms with Gasteiger partial charge in [0, 0.05) is 13.2 Å². The van der Waals surface area contributed by atoms with Crippen LogP contribution in [0.5, 0.6) is 0 Å². The Morgan fingerprint density at radius 1 is 1.11 bits per heavy atom. The first-order chi connectivity index (χ1) is 9.14. The summed E-state index contributed by atoms with van der Waals surface area (Å²) in [6.45, 7) is 8.01. The van der Waals surface area contributed by atoms with Crippen LogP contribution in [0, 0.1) is 5.92 Å². The molecule has 0 spiro atoms. The van der Waals surface area contributed by atoms with E-state index in [-0.39, 0.29) is 5.60 Å². The smallest absolute Gasteiger partial charge is 0.0830 e. The first-order valence-corrected chi connectivity index (χ1v) is 8.43. The molecule has 0 aromatic rings. The first-order valence-electron chi connectivity index (χ1n) is 8.43. The molecule has 0 aliphatic heterocycles. The Morgan fingerprint density at radius 3 is 2.32 bits per heavy atom. The quantitative estimate of drug-likeness (QED) is 0.664. The largest absolute Gasteiger partial charge is 0.377 e. The van der Waals surface area contributed by atoms with E-state index in [2.05, 4.69) is 26.1 Å². The third-order valence-electron chi connectivity index (χ3n) is 4.66. The van der Waals surface area contributed by atoms with Crippen LogP contribution in [0.4, 0.5) is 0 Å². The van der Waals surface area contributed by atoms with Crippen molar-refractivity contribution in [2.24, 2.45) is 5.92 Å². The molecule has 1 N–H and O–H groups in total. The molecule has 0 radical (unpaired) electrons. The number of hydrogen-bond acceptors (Lipinski definition) is 2. The number of rotatable bonds is 9. The van der Waals surface area contributed by atoms with Crippen molar-refractivity contribution in [1.29, 1.82) is 0 Å². The van der Waals surface area contributed by atoms with Crippen molar-refractivity contribution in [1.82, 2.24) is 5.32 Å². The monoisotopic (exact) mass is 269 g/mol. The second-order valence-corrected chi connectivity index (χ2v) is 6.66. The summed E-state index contributed by atoms with van der Waals surface area (Å²) >= 11 is 0. The maximum absolute atomic E-state index is 6.03. The van der Waals surface area contributed by atoms with E-state index in [4.69, 9.17) is 4.74 Å². The summed E-state index contributed by atoms with van der Waals surface area (Å²) in [6.07, 6.45) is 11.7. The van der Waals surface area contributed by atoms with Gasteiger partial charge in [0.2, 0.25) is 0 Å². The SMILES string of the molecule is CCCNC(CCCC(C)C)C1(OC)CCCCC1. The van der Waals surface area contributed by atoms with E-state index >= 15 is 0 Å². The van der Waals surface area contributed by atoms with E-state index in [1.54, 1.807) is 0 Å². The lowest BCUT2D eigenvalue weighted by Gasteiger charge is -2.43. The van der Waals surface area contributed by atoms with Crippen LogP contribution in [-0.4, -0.2) is 25.3 Å². The van der Waals surface area contributed by atoms with Crippen LogP contribution in [0.2, 0.25) is 0 Å². The van der Waals surface area contributed by atoms with Crippen molar-refractivity contribution in [3.05, 3.63) is 0 Å². The minimum absolute atomic E-state index is 0.115. The summed E-state index contributed by atoms with van der Waals surface area (Å²) in [4.78, 5) is 0. The summed E-state index contributed by atoms with van der Waals surface area (Å²) in [7, 11) is 1.92. The molecule has 19 heavy (non-hydrogen) atoms. The van der Waals surface area contributed by atoms with Gasteiger partial charge in [-0.3, -0.25) is 0 Å². The van der Waals surface area contributed by atoms with Crippen molar-refractivity contribution < 1.29 is 4.74 Å². The predicted molar refractivity (Wildman–Crippen MR) is 83.6 cm³/mol. The highest BCUT2D eigenvalue weighted by atomic mass is 16.5. The zero-order valence-electron chi connectivity index (χ0n) is 13.6. The number of ether oxygens (including phenoxy) is 1. The summed E-state index contributed by atoms with van der Waals surface area (Å²) < 4.78 is 6.03. The molecule has 0 bridgehead atoms. The molecule has 114 valence electrons. The molecule has 1 aliphatic rings. The Balaban J connectivity index is 2.58. The molecule has 1 saturated carbocycles. The molecule has 1 rings (SSSR count). The number of hydrogen-bond donors (Lipinski definition) is 1. The van der Waals surface area contributed by atoms with E-state index in [0.717, 1.165) is 12.5 Å². The maximum Gasteiger partial charge on any atom is 0.0830 e. The lowest BCUT2D eigenvalue weighted by Crippen LogP contribution is -2.53. The normalized spacial score (nSPS) is 20.7. The fourth-order valence-electron chi connectivity index (χ4n) is 3.44. The maximum atomic E-state index is 6.03. The number of nitrogens with one attached hydrogen (secondary N) is 1. The molecule has 1 aliphatic carbocycles. The highest BCUT2D eigenvalue weighted by Crippen LogP contribution is 2.36. The summed E-state index contributed by atoms with van der Waals surface area (Å²) in [5.41, 5.74) is 0.115. The van der Waals surface area contributed by atoms with Gasteiger partial charge in [-0.15, -0.1) is 0 Å². The van der Waals surface area contributed by atoms with E-state index in [9.17, 15) is 0 Å². The average Bonchev–Trinajstić information content (AvgIpc) is 2.43. The van der Waals surface area contributed by atoms with E-state index < -0.39 is 0 Å².